The first-order valence-electron chi connectivity index (χ1n) is 6.42. The van der Waals surface area contributed by atoms with Crippen LogP contribution in [0.25, 0.3) is 0 Å². The van der Waals surface area contributed by atoms with Crippen LogP contribution < -0.4 is 13.9 Å². The molecule has 0 spiro atoms. The standard InChI is InChI=1S/C14H15ClOP2S3/c1-11(18(15,16)14-7-4-10-21-14)17(12-5-2-8-19-12)13-6-3-9-20-13/h2-11,16,18H,1H3. The van der Waals surface area contributed by atoms with Gasteiger partial charge in [-0.2, -0.15) is 0 Å². The van der Waals surface area contributed by atoms with Crippen LogP contribution in [0.1, 0.15) is 6.92 Å². The van der Waals surface area contributed by atoms with E-state index in [0.717, 1.165) is 4.62 Å². The Kier molecular flexibility index (Phi) is 5.18. The third-order valence-electron chi connectivity index (χ3n) is 3.29. The van der Waals surface area contributed by atoms with Gasteiger partial charge >= 0.3 is 144 Å². The summed E-state index contributed by atoms with van der Waals surface area (Å²) in [6.45, 7) is -0.858. The summed E-state index contributed by atoms with van der Waals surface area (Å²) < 4.78 is 3.63. The molecule has 3 heterocycles. The van der Waals surface area contributed by atoms with Gasteiger partial charge < -0.3 is 0 Å². The molecule has 0 aliphatic carbocycles. The Bertz CT molecular complexity index is 631. The molecule has 3 aromatic rings. The van der Waals surface area contributed by atoms with E-state index in [1.165, 1.54) is 9.24 Å². The molecule has 1 nitrogen and oxygen atoms in total. The zero-order chi connectivity index (χ0) is 14.9. The molecule has 0 radical (unpaired) electrons. The Morgan fingerprint density at radius 2 is 1.52 bits per heavy atom. The molecule has 7 heteroatoms. The molecule has 3 aromatic heterocycles. The van der Waals surface area contributed by atoms with Gasteiger partial charge in [-0.25, -0.2) is 0 Å². The first-order valence-corrected chi connectivity index (χ1v) is 13.5. The average molecular weight is 393 g/mol. The average Bonchev–Trinajstić information content (AvgIpc) is 3.22. The summed E-state index contributed by atoms with van der Waals surface area (Å²) in [5, 5.41) is 6.27. The van der Waals surface area contributed by atoms with Gasteiger partial charge in [0.05, 0.1) is 0 Å². The van der Waals surface area contributed by atoms with Gasteiger partial charge in [0.25, 0.3) is 0 Å². The third-order valence-corrected chi connectivity index (χ3v) is 16.7. The van der Waals surface area contributed by atoms with E-state index in [1.807, 2.05) is 17.5 Å². The molecule has 21 heavy (non-hydrogen) atoms. The van der Waals surface area contributed by atoms with Crippen molar-refractivity contribution in [3.05, 3.63) is 52.5 Å². The molecule has 112 valence electrons. The van der Waals surface area contributed by atoms with Crippen molar-refractivity contribution >= 4 is 73.9 Å². The topological polar surface area (TPSA) is 20.2 Å². The molecule has 0 fully saturated rings. The minimum absolute atomic E-state index is 0.0742. The van der Waals surface area contributed by atoms with E-state index >= 15 is 0 Å². The van der Waals surface area contributed by atoms with Gasteiger partial charge in [0.1, 0.15) is 0 Å². The monoisotopic (exact) mass is 392 g/mol. The summed E-state index contributed by atoms with van der Waals surface area (Å²) in [5.74, 6) is 0. The van der Waals surface area contributed by atoms with E-state index in [1.54, 1.807) is 34.0 Å². The van der Waals surface area contributed by atoms with Crippen LogP contribution in [0.2, 0.25) is 0 Å². The summed E-state index contributed by atoms with van der Waals surface area (Å²) in [6, 6.07) is 12.4. The van der Waals surface area contributed by atoms with E-state index in [-0.39, 0.29) is 5.40 Å². The van der Waals surface area contributed by atoms with Crippen LogP contribution in [0, 0.1) is 0 Å². The molecule has 1 atom stereocenters. The maximum absolute atomic E-state index is 11.1. The van der Waals surface area contributed by atoms with E-state index < -0.39 is 14.8 Å². The Labute approximate surface area is 143 Å². The van der Waals surface area contributed by atoms with Gasteiger partial charge in [-0.3, -0.25) is 0 Å². The van der Waals surface area contributed by atoms with E-state index in [4.69, 9.17) is 11.2 Å². The van der Waals surface area contributed by atoms with Crippen molar-refractivity contribution < 1.29 is 4.89 Å². The van der Waals surface area contributed by atoms with Crippen LogP contribution in [-0.2, 0) is 0 Å². The van der Waals surface area contributed by atoms with Gasteiger partial charge in [0.2, 0.25) is 0 Å². The summed E-state index contributed by atoms with van der Waals surface area (Å²) in [5.41, 5.74) is 0. The van der Waals surface area contributed by atoms with Crippen molar-refractivity contribution in [2.45, 2.75) is 12.3 Å². The molecule has 1 unspecified atom stereocenters. The predicted molar refractivity (Wildman–Crippen MR) is 105 cm³/mol. The van der Waals surface area contributed by atoms with Crippen LogP contribution >= 0.6 is 60.0 Å². The molecule has 1 N–H and O–H groups in total. The van der Waals surface area contributed by atoms with Crippen molar-refractivity contribution in [2.24, 2.45) is 0 Å². The van der Waals surface area contributed by atoms with Gasteiger partial charge in [-0.15, -0.1) is 0 Å². The predicted octanol–water partition coefficient (Wildman–Crippen LogP) is 4.79. The second kappa shape index (κ2) is 6.76. The first-order chi connectivity index (χ1) is 10.1. The number of hydrogen-bond acceptors (Lipinski definition) is 4. The van der Waals surface area contributed by atoms with Gasteiger partial charge in [-0.1, -0.05) is 0 Å². The number of thiophene rings is 3. The zero-order valence-electron chi connectivity index (χ0n) is 11.3. The molecule has 0 aliphatic heterocycles. The minimum atomic E-state index is -2.97. The van der Waals surface area contributed by atoms with Crippen LogP contribution in [0.15, 0.2) is 52.5 Å². The van der Waals surface area contributed by atoms with Crippen molar-refractivity contribution in [3.63, 3.8) is 0 Å². The van der Waals surface area contributed by atoms with E-state index in [2.05, 4.69) is 41.9 Å². The van der Waals surface area contributed by atoms with Crippen molar-refractivity contribution in [1.29, 1.82) is 0 Å². The van der Waals surface area contributed by atoms with Crippen molar-refractivity contribution in [3.8, 4) is 0 Å². The Morgan fingerprint density at radius 3 is 1.95 bits per heavy atom. The van der Waals surface area contributed by atoms with Crippen LogP contribution in [-0.4, -0.2) is 10.3 Å². The second-order valence-electron chi connectivity index (χ2n) is 4.60. The van der Waals surface area contributed by atoms with E-state index in [0.29, 0.717) is 0 Å². The summed E-state index contributed by atoms with van der Waals surface area (Å²) >= 11 is 11.8. The number of hydrogen-bond donors (Lipinski definition) is 1. The summed E-state index contributed by atoms with van der Waals surface area (Å²) in [6.07, 6.45) is 0. The molecular formula is C14H15ClOP2S3. The van der Waals surface area contributed by atoms with Crippen LogP contribution in [0.5, 0.6) is 0 Å². The van der Waals surface area contributed by atoms with Crippen LogP contribution in [0.4, 0.5) is 0 Å². The van der Waals surface area contributed by atoms with Gasteiger partial charge in [-0.05, 0) is 0 Å². The fourth-order valence-electron chi connectivity index (χ4n) is 2.16. The molecule has 0 bridgehead atoms. The SMILES string of the molecule is CC(P(c1cccs1)c1cccs1)[PH](O)(Cl)c1cccs1. The number of halogens is 1. The summed E-state index contributed by atoms with van der Waals surface area (Å²) in [4.78, 5) is 11.1. The van der Waals surface area contributed by atoms with E-state index in [9.17, 15) is 4.89 Å². The summed E-state index contributed by atoms with van der Waals surface area (Å²) in [7, 11) is -0.607. The van der Waals surface area contributed by atoms with Crippen molar-refractivity contribution in [2.75, 3.05) is 0 Å². The maximum atomic E-state index is 11.1. The Hall–Kier alpha value is 0.210. The molecule has 0 aliphatic rings. The zero-order valence-corrected chi connectivity index (χ0v) is 16.4. The molecular weight excluding hydrogens is 378 g/mol. The molecule has 0 aromatic carbocycles. The number of rotatable bonds is 5. The fourth-order valence-corrected chi connectivity index (χ4v) is 15.0. The van der Waals surface area contributed by atoms with Crippen molar-refractivity contribution in [1.82, 2.24) is 0 Å². The third kappa shape index (κ3) is 3.28. The fraction of sp³-hybridized carbons (Fsp3) is 0.143. The molecule has 0 saturated heterocycles. The van der Waals surface area contributed by atoms with Gasteiger partial charge in [0, 0.05) is 0 Å². The van der Waals surface area contributed by atoms with Crippen LogP contribution in [0.3, 0.4) is 0 Å². The molecule has 3 rings (SSSR count). The first kappa shape index (κ1) is 16.1. The normalized spacial score (nSPS) is 14.5. The quantitative estimate of drug-likeness (QED) is 0.619. The Morgan fingerprint density at radius 1 is 1.00 bits per heavy atom. The molecule has 0 saturated carbocycles. The molecule has 0 amide bonds. The van der Waals surface area contributed by atoms with Gasteiger partial charge in [0.15, 0.2) is 0 Å². The Balaban J connectivity index is 2.01. The second-order valence-corrected chi connectivity index (χ2v) is 15.9.